The summed E-state index contributed by atoms with van der Waals surface area (Å²) >= 11 is -2.66. The van der Waals surface area contributed by atoms with Crippen molar-refractivity contribution in [2.75, 3.05) is 0 Å². The number of fused-ring (bicyclic) bond motifs is 1. The smallest absolute Gasteiger partial charge is 0.322 e. The zero-order valence-corrected chi connectivity index (χ0v) is 18.2. The minimum Gasteiger partial charge on any atom is -0.613 e. The molecule has 0 radical (unpaired) electrons. The summed E-state index contributed by atoms with van der Waals surface area (Å²) in [5.74, 6) is 1.70. The monoisotopic (exact) mass is 443 g/mol. The molecule has 1 aromatic carbocycles. The third-order valence-corrected chi connectivity index (χ3v) is 7.20. The highest BCUT2D eigenvalue weighted by atomic mass is 32.2. The number of rotatable bonds is 8. The van der Waals surface area contributed by atoms with Gasteiger partial charge in [-0.25, -0.2) is 0 Å². The molecule has 3 atom stereocenters. The molecule has 1 N–H and O–H groups in total. The lowest BCUT2D eigenvalue weighted by Crippen LogP contribution is -2.26. The molecule has 0 spiro atoms. The van der Waals surface area contributed by atoms with Gasteiger partial charge < -0.3 is 18.3 Å². The van der Waals surface area contributed by atoms with E-state index in [-0.39, 0.29) is 11.5 Å². The molecule has 3 aromatic heterocycles. The summed E-state index contributed by atoms with van der Waals surface area (Å²) in [5, 5.41) is 0.414. The van der Waals surface area contributed by atoms with Crippen LogP contribution in [0, 0.1) is 6.92 Å². The molecule has 3 heterocycles. The number of imidazole rings is 1. The van der Waals surface area contributed by atoms with Crippen molar-refractivity contribution in [2.45, 2.75) is 35.9 Å². The van der Waals surface area contributed by atoms with Gasteiger partial charge in [-0.3, -0.25) is 9.97 Å². The number of ether oxygens (including phenoxy) is 1. The quantitative estimate of drug-likeness (QED) is 0.414. The predicted molar refractivity (Wildman–Crippen MR) is 116 cm³/mol. The molecule has 0 aliphatic carbocycles. The third kappa shape index (κ3) is 4.65. The van der Waals surface area contributed by atoms with Crippen LogP contribution in [0.3, 0.4) is 0 Å². The maximum absolute atomic E-state index is 12.8. The molecule has 0 aliphatic heterocycles. The molecule has 0 saturated carbocycles. The molecule has 0 saturated heterocycles. The fourth-order valence-electron chi connectivity index (χ4n) is 2.95. The van der Waals surface area contributed by atoms with Gasteiger partial charge >= 0.3 is 5.16 Å². The second-order valence-electron chi connectivity index (χ2n) is 6.72. The molecule has 7 nitrogen and oxygen atoms in total. The number of aromatic nitrogens is 3. The molecular formula is C21H21N3O4S2. The summed E-state index contributed by atoms with van der Waals surface area (Å²) in [6, 6.07) is 12.8. The second kappa shape index (κ2) is 9.13. The SMILES string of the molecule is Cc1c(OC(C)[S+]([O-])Cc2ccco2)ccnc1C[S+]([O-])c1nc2ccccc2[nH]1. The minimum atomic E-state index is -1.39. The van der Waals surface area contributed by atoms with Crippen LogP contribution in [0.2, 0.25) is 0 Å². The number of benzene rings is 1. The minimum absolute atomic E-state index is 0.201. The molecule has 30 heavy (non-hydrogen) atoms. The predicted octanol–water partition coefficient (Wildman–Crippen LogP) is 3.84. The molecule has 0 amide bonds. The molecule has 156 valence electrons. The summed E-state index contributed by atoms with van der Waals surface area (Å²) in [4.78, 5) is 11.9. The molecule has 0 bridgehead atoms. The van der Waals surface area contributed by atoms with Crippen molar-refractivity contribution in [1.29, 1.82) is 0 Å². The van der Waals surface area contributed by atoms with Gasteiger partial charge in [0, 0.05) is 29.9 Å². The Labute approximate surface area is 180 Å². The van der Waals surface area contributed by atoms with Gasteiger partial charge in [-0.2, -0.15) is 4.98 Å². The maximum atomic E-state index is 12.8. The topological polar surface area (TPSA) is 110 Å². The van der Waals surface area contributed by atoms with Crippen molar-refractivity contribution in [3.63, 3.8) is 0 Å². The van der Waals surface area contributed by atoms with Gasteiger partial charge in [0.15, 0.2) is 17.3 Å². The first-order valence-corrected chi connectivity index (χ1v) is 12.0. The van der Waals surface area contributed by atoms with Crippen LogP contribution >= 0.6 is 0 Å². The second-order valence-corrected chi connectivity index (χ2v) is 9.80. The largest absolute Gasteiger partial charge is 0.613 e. The van der Waals surface area contributed by atoms with Gasteiger partial charge in [-0.1, -0.05) is 12.1 Å². The van der Waals surface area contributed by atoms with E-state index in [1.165, 1.54) is 0 Å². The van der Waals surface area contributed by atoms with E-state index in [2.05, 4.69) is 15.0 Å². The Hall–Kier alpha value is -2.46. The molecule has 0 fully saturated rings. The molecule has 0 aliphatic rings. The summed E-state index contributed by atoms with van der Waals surface area (Å²) in [7, 11) is 0. The summed E-state index contributed by atoms with van der Waals surface area (Å²) in [6.45, 7) is 3.61. The summed E-state index contributed by atoms with van der Waals surface area (Å²) in [6.07, 6.45) is 3.16. The van der Waals surface area contributed by atoms with Crippen molar-refractivity contribution in [3.05, 3.63) is 71.9 Å². The van der Waals surface area contributed by atoms with Gasteiger partial charge in [-0.15, -0.1) is 0 Å². The Kier molecular flexibility index (Phi) is 6.33. The lowest BCUT2D eigenvalue weighted by molar-refractivity contribution is 0.289. The average Bonchev–Trinajstić information content (AvgIpc) is 3.40. The third-order valence-electron chi connectivity index (χ3n) is 4.64. The Morgan fingerprint density at radius 1 is 1.13 bits per heavy atom. The van der Waals surface area contributed by atoms with Crippen molar-refractivity contribution >= 4 is 33.4 Å². The van der Waals surface area contributed by atoms with E-state index in [0.29, 0.717) is 22.4 Å². The van der Waals surface area contributed by atoms with Crippen LogP contribution < -0.4 is 4.74 Å². The first-order valence-electron chi connectivity index (χ1n) is 9.35. The van der Waals surface area contributed by atoms with Crippen molar-refractivity contribution < 1.29 is 18.3 Å². The number of para-hydroxylation sites is 2. The molecule has 3 unspecified atom stereocenters. The van der Waals surface area contributed by atoms with Crippen LogP contribution in [0.1, 0.15) is 23.9 Å². The molecule has 9 heteroatoms. The van der Waals surface area contributed by atoms with Gasteiger partial charge in [0.05, 0.1) is 23.0 Å². The lowest BCUT2D eigenvalue weighted by atomic mass is 10.2. The first-order chi connectivity index (χ1) is 14.5. The Bertz CT molecular complexity index is 1080. The summed E-state index contributed by atoms with van der Waals surface area (Å²) < 4.78 is 36.5. The Balaban J connectivity index is 1.45. The standard InChI is InChI=1S/C21H21N3O4S2/c1-14-19(13-30(26)21-23-17-7-3-4-8-18(17)24-21)22-10-9-20(14)28-15(2)29(25)12-16-6-5-11-27-16/h3-11,15H,12-13H2,1-2H3,(H,23,24). The Morgan fingerprint density at radius 2 is 1.97 bits per heavy atom. The highest BCUT2D eigenvalue weighted by molar-refractivity contribution is 7.91. The zero-order chi connectivity index (χ0) is 21.1. The number of aromatic amines is 1. The number of nitrogens with zero attached hydrogens (tertiary/aromatic N) is 2. The average molecular weight is 444 g/mol. The van der Waals surface area contributed by atoms with Crippen molar-refractivity contribution in [2.24, 2.45) is 0 Å². The molecule has 4 aromatic rings. The highest BCUT2D eigenvalue weighted by Gasteiger charge is 2.24. The number of nitrogens with one attached hydrogen (secondary N) is 1. The number of hydrogen-bond acceptors (Lipinski definition) is 6. The van der Waals surface area contributed by atoms with Crippen molar-refractivity contribution in [3.8, 4) is 5.75 Å². The van der Waals surface area contributed by atoms with E-state index in [9.17, 15) is 9.11 Å². The normalized spacial score (nSPS) is 14.5. The first kappa shape index (κ1) is 20.8. The van der Waals surface area contributed by atoms with Gasteiger partial charge in [0.25, 0.3) is 5.44 Å². The highest BCUT2D eigenvalue weighted by Crippen LogP contribution is 2.26. The van der Waals surface area contributed by atoms with Crippen LogP contribution in [0.5, 0.6) is 5.75 Å². The van der Waals surface area contributed by atoms with E-state index < -0.39 is 27.8 Å². The number of pyridine rings is 1. The fourth-order valence-corrected chi connectivity index (χ4v) is 4.94. The molecule has 4 rings (SSSR count). The van der Waals surface area contributed by atoms with E-state index >= 15 is 0 Å². The lowest BCUT2D eigenvalue weighted by Gasteiger charge is -2.20. The van der Waals surface area contributed by atoms with Crippen LogP contribution in [0.25, 0.3) is 11.0 Å². The van der Waals surface area contributed by atoms with Crippen molar-refractivity contribution in [1.82, 2.24) is 15.0 Å². The van der Waals surface area contributed by atoms with Crippen LogP contribution in [-0.2, 0) is 33.9 Å². The maximum Gasteiger partial charge on any atom is 0.322 e. The number of hydrogen-bond donors (Lipinski definition) is 1. The van der Waals surface area contributed by atoms with Crippen LogP contribution in [-0.4, -0.2) is 29.5 Å². The summed E-state index contributed by atoms with van der Waals surface area (Å²) in [5.41, 5.74) is 2.50. The van der Waals surface area contributed by atoms with E-state index in [1.807, 2.05) is 31.2 Å². The van der Waals surface area contributed by atoms with Gasteiger partial charge in [0.2, 0.25) is 0 Å². The zero-order valence-electron chi connectivity index (χ0n) is 16.5. The van der Waals surface area contributed by atoms with E-state index in [0.717, 1.165) is 16.6 Å². The number of furan rings is 1. The van der Waals surface area contributed by atoms with Gasteiger partial charge in [-0.05, 0) is 48.4 Å². The van der Waals surface area contributed by atoms with Crippen LogP contribution in [0.4, 0.5) is 0 Å². The molecular weight excluding hydrogens is 422 g/mol. The van der Waals surface area contributed by atoms with Crippen LogP contribution in [0.15, 0.2) is 64.5 Å². The number of H-pyrrole nitrogens is 1. The Morgan fingerprint density at radius 3 is 2.73 bits per heavy atom. The fraction of sp³-hybridized carbons (Fsp3) is 0.238. The van der Waals surface area contributed by atoms with Gasteiger partial charge in [0.1, 0.15) is 5.75 Å². The van der Waals surface area contributed by atoms with E-state index in [4.69, 9.17) is 9.15 Å². The van der Waals surface area contributed by atoms with E-state index in [1.54, 1.807) is 37.6 Å².